The van der Waals surface area contributed by atoms with Crippen molar-refractivity contribution in [1.82, 2.24) is 0 Å². The van der Waals surface area contributed by atoms with Crippen molar-refractivity contribution in [2.75, 3.05) is 5.32 Å². The zero-order valence-corrected chi connectivity index (χ0v) is 14.3. The predicted octanol–water partition coefficient (Wildman–Crippen LogP) is 4.03. The summed E-state index contributed by atoms with van der Waals surface area (Å²) in [6.45, 7) is 1.31. The molecule has 0 atom stereocenters. The fraction of sp³-hybridized carbons (Fsp3) is 0.0667. The largest absolute Gasteiger partial charge is 0.322 e. The van der Waals surface area contributed by atoms with E-state index in [2.05, 4.69) is 21.2 Å². The molecule has 0 radical (unpaired) electrons. The molecule has 0 aliphatic heterocycles. The highest BCUT2D eigenvalue weighted by Crippen LogP contribution is 2.24. The second kappa shape index (κ2) is 7.30. The summed E-state index contributed by atoms with van der Waals surface area (Å²) in [4.78, 5) is 34.8. The Hall–Kier alpha value is -2.32. The van der Waals surface area contributed by atoms with Gasteiger partial charge in [-0.05, 0) is 53.2 Å². The first-order chi connectivity index (χ1) is 10.9. The van der Waals surface area contributed by atoms with E-state index >= 15 is 0 Å². The van der Waals surface area contributed by atoms with Crippen LogP contribution >= 0.6 is 27.3 Å². The smallest absolute Gasteiger partial charge is 0.269 e. The minimum atomic E-state index is -0.559. The number of thiophene rings is 1. The van der Waals surface area contributed by atoms with Crippen LogP contribution in [0.1, 0.15) is 11.8 Å². The Morgan fingerprint density at radius 1 is 1.22 bits per heavy atom. The number of nitrogens with one attached hydrogen (secondary N) is 1. The normalized spacial score (nSPS) is 11.1. The van der Waals surface area contributed by atoms with E-state index in [1.807, 2.05) is 6.07 Å². The fourth-order valence-electron chi connectivity index (χ4n) is 1.74. The van der Waals surface area contributed by atoms with Gasteiger partial charge in [0.15, 0.2) is 5.78 Å². The topological polar surface area (TPSA) is 89.3 Å². The van der Waals surface area contributed by atoms with Gasteiger partial charge < -0.3 is 5.32 Å². The van der Waals surface area contributed by atoms with Crippen molar-refractivity contribution in [3.63, 3.8) is 0 Å². The fourth-order valence-corrected chi connectivity index (χ4v) is 3.11. The van der Waals surface area contributed by atoms with Crippen molar-refractivity contribution >= 4 is 56.4 Å². The molecule has 0 fully saturated rings. The van der Waals surface area contributed by atoms with Crippen LogP contribution in [0.3, 0.4) is 0 Å². The molecule has 23 heavy (non-hydrogen) atoms. The van der Waals surface area contributed by atoms with E-state index in [-0.39, 0.29) is 17.0 Å². The van der Waals surface area contributed by atoms with E-state index in [9.17, 15) is 19.7 Å². The maximum absolute atomic E-state index is 12.2. The number of amides is 1. The first-order valence-corrected chi connectivity index (χ1v) is 8.01. The summed E-state index contributed by atoms with van der Waals surface area (Å²) in [6.07, 6.45) is 1.51. The molecule has 1 amide bonds. The number of hydrogen-bond acceptors (Lipinski definition) is 5. The van der Waals surface area contributed by atoms with Crippen LogP contribution in [0.15, 0.2) is 45.8 Å². The number of nitro benzene ring substituents is 1. The van der Waals surface area contributed by atoms with Crippen LogP contribution in [0.2, 0.25) is 0 Å². The van der Waals surface area contributed by atoms with E-state index in [0.29, 0.717) is 5.69 Å². The molecular weight excluding hydrogens is 384 g/mol. The third-order valence-corrected chi connectivity index (χ3v) is 4.41. The second-order valence-electron chi connectivity index (χ2n) is 4.51. The van der Waals surface area contributed by atoms with Gasteiger partial charge >= 0.3 is 0 Å². The molecule has 1 aromatic heterocycles. The Kier molecular flexibility index (Phi) is 5.41. The van der Waals surface area contributed by atoms with Crippen LogP contribution in [0.25, 0.3) is 6.08 Å². The molecule has 0 aliphatic carbocycles. The molecule has 0 aliphatic rings. The molecule has 6 nitrogen and oxygen atoms in total. The number of Topliss-reactive ketones (excluding diaryl/α,β-unsaturated/α-hetero) is 1. The van der Waals surface area contributed by atoms with Gasteiger partial charge in [-0.25, -0.2) is 0 Å². The quantitative estimate of drug-likeness (QED) is 0.272. The molecule has 1 aromatic carbocycles. The number of anilines is 1. The minimum absolute atomic E-state index is 0.0118. The number of hydrogen-bond donors (Lipinski definition) is 1. The average molecular weight is 395 g/mol. The van der Waals surface area contributed by atoms with E-state index in [4.69, 9.17) is 0 Å². The van der Waals surface area contributed by atoms with Gasteiger partial charge in [0, 0.05) is 22.7 Å². The summed E-state index contributed by atoms with van der Waals surface area (Å²) in [5.74, 6) is -0.926. The number of ketones is 1. The van der Waals surface area contributed by atoms with Crippen LogP contribution in [0.5, 0.6) is 0 Å². The molecule has 0 bridgehead atoms. The minimum Gasteiger partial charge on any atom is -0.322 e. The monoisotopic (exact) mass is 394 g/mol. The zero-order chi connectivity index (χ0) is 17.0. The van der Waals surface area contributed by atoms with Gasteiger partial charge in [-0.2, -0.15) is 0 Å². The molecule has 1 heterocycles. The van der Waals surface area contributed by atoms with Gasteiger partial charge in [-0.15, -0.1) is 11.3 Å². The highest BCUT2D eigenvalue weighted by molar-refractivity contribution is 9.11. The Morgan fingerprint density at radius 3 is 2.35 bits per heavy atom. The molecule has 0 saturated heterocycles. The maximum atomic E-state index is 12.2. The Labute approximate surface area is 144 Å². The lowest BCUT2D eigenvalue weighted by Crippen LogP contribution is -2.18. The molecule has 8 heteroatoms. The summed E-state index contributed by atoms with van der Waals surface area (Å²) in [6, 6.07) is 9.00. The van der Waals surface area contributed by atoms with Crippen LogP contribution in [-0.2, 0) is 9.59 Å². The number of nitrogens with zero attached hydrogens (tertiary/aromatic N) is 1. The summed E-state index contributed by atoms with van der Waals surface area (Å²) >= 11 is 4.71. The highest BCUT2D eigenvalue weighted by Gasteiger charge is 2.16. The van der Waals surface area contributed by atoms with Crippen molar-refractivity contribution in [3.8, 4) is 0 Å². The summed E-state index contributed by atoms with van der Waals surface area (Å²) in [5.41, 5.74) is 0.312. The lowest BCUT2D eigenvalue weighted by Gasteiger charge is -2.06. The van der Waals surface area contributed by atoms with Gasteiger partial charge in [-0.1, -0.05) is 0 Å². The van der Waals surface area contributed by atoms with E-state index in [0.717, 1.165) is 8.66 Å². The van der Waals surface area contributed by atoms with Crippen molar-refractivity contribution < 1.29 is 14.5 Å². The zero-order valence-electron chi connectivity index (χ0n) is 11.9. The molecule has 2 rings (SSSR count). The molecule has 1 N–H and O–H groups in total. The van der Waals surface area contributed by atoms with Crippen LogP contribution < -0.4 is 5.32 Å². The number of halogens is 1. The Morgan fingerprint density at radius 2 is 1.87 bits per heavy atom. The molecule has 118 valence electrons. The predicted molar refractivity (Wildman–Crippen MR) is 92.4 cm³/mol. The Bertz CT molecular complexity index is 796. The SMILES string of the molecule is CC(=O)/C(=C\c1ccc(Br)s1)C(=O)Nc1ccc([N+](=O)[O-])cc1. The Balaban J connectivity index is 2.20. The van der Waals surface area contributed by atoms with Crippen LogP contribution in [-0.4, -0.2) is 16.6 Å². The standard InChI is InChI=1S/C15H11BrN2O4S/c1-9(19)13(8-12-6-7-14(16)23-12)15(20)17-10-2-4-11(5-3-10)18(21)22/h2-8H,1H3,(H,17,20)/b13-8+. The van der Waals surface area contributed by atoms with Gasteiger partial charge in [0.1, 0.15) is 0 Å². The molecule has 0 spiro atoms. The summed E-state index contributed by atoms with van der Waals surface area (Å²) in [5, 5.41) is 13.2. The van der Waals surface area contributed by atoms with Gasteiger partial charge in [-0.3, -0.25) is 19.7 Å². The number of carbonyl (C=O) groups excluding carboxylic acids is 2. The number of nitro groups is 1. The number of carbonyl (C=O) groups is 2. The second-order valence-corrected chi connectivity index (χ2v) is 7.01. The molecular formula is C15H11BrN2O4S. The number of rotatable bonds is 5. The summed E-state index contributed by atoms with van der Waals surface area (Å²) in [7, 11) is 0. The molecule has 0 unspecified atom stereocenters. The van der Waals surface area contributed by atoms with Gasteiger partial charge in [0.2, 0.25) is 0 Å². The van der Waals surface area contributed by atoms with E-state index in [1.165, 1.54) is 48.6 Å². The van der Waals surface area contributed by atoms with Crippen molar-refractivity contribution in [2.45, 2.75) is 6.92 Å². The number of benzene rings is 1. The first-order valence-electron chi connectivity index (χ1n) is 6.40. The molecule has 2 aromatic rings. The average Bonchev–Trinajstić information content (AvgIpc) is 2.90. The van der Waals surface area contributed by atoms with Crippen molar-refractivity contribution in [1.29, 1.82) is 0 Å². The third kappa shape index (κ3) is 4.57. The molecule has 0 saturated carbocycles. The van der Waals surface area contributed by atoms with Crippen molar-refractivity contribution in [3.05, 3.63) is 60.7 Å². The van der Waals surface area contributed by atoms with Crippen LogP contribution in [0, 0.1) is 10.1 Å². The third-order valence-electron chi connectivity index (χ3n) is 2.84. The number of non-ortho nitro benzene ring substituents is 1. The first kappa shape index (κ1) is 17.0. The maximum Gasteiger partial charge on any atom is 0.269 e. The van der Waals surface area contributed by atoms with E-state index < -0.39 is 10.8 Å². The van der Waals surface area contributed by atoms with Gasteiger partial charge in [0.05, 0.1) is 14.3 Å². The van der Waals surface area contributed by atoms with Gasteiger partial charge in [0.25, 0.3) is 11.6 Å². The van der Waals surface area contributed by atoms with Crippen LogP contribution in [0.4, 0.5) is 11.4 Å². The van der Waals surface area contributed by atoms with E-state index in [1.54, 1.807) is 6.07 Å². The highest BCUT2D eigenvalue weighted by atomic mass is 79.9. The lowest BCUT2D eigenvalue weighted by molar-refractivity contribution is -0.384. The van der Waals surface area contributed by atoms with Crippen molar-refractivity contribution in [2.24, 2.45) is 0 Å². The summed E-state index contributed by atoms with van der Waals surface area (Å²) < 4.78 is 0.891. The lowest BCUT2D eigenvalue weighted by atomic mass is 10.1.